The van der Waals surface area contributed by atoms with Gasteiger partial charge in [-0.1, -0.05) is 6.92 Å². The van der Waals surface area contributed by atoms with Gasteiger partial charge in [-0.05, 0) is 32.0 Å². The molecule has 0 aliphatic rings. The number of hydrogen-bond acceptors (Lipinski definition) is 3. The monoisotopic (exact) mass is 257 g/mol. The van der Waals surface area contributed by atoms with E-state index >= 15 is 0 Å². The van der Waals surface area contributed by atoms with Crippen LogP contribution in [-0.2, 0) is 13.0 Å². The highest BCUT2D eigenvalue weighted by Crippen LogP contribution is 2.30. The van der Waals surface area contributed by atoms with Crippen LogP contribution in [-0.4, -0.2) is 15.8 Å². The summed E-state index contributed by atoms with van der Waals surface area (Å²) in [5.41, 5.74) is 9.02. The highest BCUT2D eigenvalue weighted by molar-refractivity contribution is 6.04. The zero-order chi connectivity index (χ0) is 13.6. The topological polar surface area (TPSA) is 57.0 Å². The van der Waals surface area contributed by atoms with Crippen LogP contribution < -0.4 is 5.73 Å². The minimum absolute atomic E-state index is 0.0790. The van der Waals surface area contributed by atoms with Gasteiger partial charge in [0.1, 0.15) is 11.3 Å². The fourth-order valence-corrected chi connectivity index (χ4v) is 2.58. The molecule has 0 spiro atoms. The number of aryl methyl sites for hydroxylation is 2. The van der Waals surface area contributed by atoms with Crippen molar-refractivity contribution in [2.45, 2.75) is 39.8 Å². The molecule has 100 valence electrons. The third-order valence-corrected chi connectivity index (χ3v) is 3.45. The predicted octanol–water partition coefficient (Wildman–Crippen LogP) is 3.00. The van der Waals surface area contributed by atoms with E-state index < -0.39 is 0 Å². The minimum Gasteiger partial charge on any atom is -0.461 e. The molecular formula is C15H19N3O. The average molecular weight is 257 g/mol. The lowest BCUT2D eigenvalue weighted by Crippen LogP contribution is -2.22. The van der Waals surface area contributed by atoms with Crippen LogP contribution in [0.15, 0.2) is 22.6 Å². The number of furan rings is 1. The molecular weight excluding hydrogens is 238 g/mol. The zero-order valence-electron chi connectivity index (χ0n) is 11.6. The van der Waals surface area contributed by atoms with Gasteiger partial charge in [0.2, 0.25) is 0 Å². The van der Waals surface area contributed by atoms with Crippen LogP contribution in [0, 0.1) is 6.92 Å². The van der Waals surface area contributed by atoms with Gasteiger partial charge in [-0.25, -0.2) is 0 Å². The van der Waals surface area contributed by atoms with Crippen molar-refractivity contribution in [3.05, 3.63) is 29.7 Å². The van der Waals surface area contributed by atoms with Gasteiger partial charge in [0, 0.05) is 23.2 Å². The van der Waals surface area contributed by atoms with E-state index in [0.717, 1.165) is 40.9 Å². The number of aromatic nitrogens is 2. The first kappa shape index (κ1) is 12.2. The van der Waals surface area contributed by atoms with E-state index in [9.17, 15) is 0 Å². The van der Waals surface area contributed by atoms with E-state index in [4.69, 9.17) is 10.2 Å². The van der Waals surface area contributed by atoms with Crippen molar-refractivity contribution in [2.75, 3.05) is 0 Å². The summed E-state index contributed by atoms with van der Waals surface area (Å²) in [6.45, 7) is 6.85. The van der Waals surface area contributed by atoms with Gasteiger partial charge in [-0.15, -0.1) is 0 Å². The van der Waals surface area contributed by atoms with Gasteiger partial charge < -0.3 is 10.2 Å². The highest BCUT2D eigenvalue weighted by atomic mass is 16.3. The summed E-state index contributed by atoms with van der Waals surface area (Å²) in [7, 11) is 0. The number of hydrogen-bond donors (Lipinski definition) is 1. The minimum atomic E-state index is 0.0790. The first-order valence-corrected chi connectivity index (χ1v) is 6.74. The van der Waals surface area contributed by atoms with Crippen LogP contribution in [0.1, 0.15) is 25.3 Å². The summed E-state index contributed by atoms with van der Waals surface area (Å²) in [6.07, 6.45) is 0.899. The second-order valence-electron chi connectivity index (χ2n) is 5.18. The summed E-state index contributed by atoms with van der Waals surface area (Å²) >= 11 is 0. The largest absolute Gasteiger partial charge is 0.461 e. The van der Waals surface area contributed by atoms with Crippen LogP contribution in [0.2, 0.25) is 0 Å². The lowest BCUT2D eigenvalue weighted by Gasteiger charge is -2.06. The second kappa shape index (κ2) is 4.38. The van der Waals surface area contributed by atoms with Crippen molar-refractivity contribution in [3.63, 3.8) is 0 Å². The Morgan fingerprint density at radius 3 is 2.84 bits per heavy atom. The first-order chi connectivity index (χ1) is 9.10. The Balaban J connectivity index is 2.34. The fraction of sp³-hybridized carbons (Fsp3) is 0.400. The number of nitrogens with zero attached hydrogens (tertiary/aromatic N) is 2. The molecule has 2 heterocycles. The third kappa shape index (κ3) is 1.92. The van der Waals surface area contributed by atoms with E-state index in [1.54, 1.807) is 0 Å². The Hall–Kier alpha value is -1.81. The lowest BCUT2D eigenvalue weighted by molar-refractivity contribution is 0.550. The summed E-state index contributed by atoms with van der Waals surface area (Å²) in [5, 5.41) is 6.92. The van der Waals surface area contributed by atoms with E-state index in [0.29, 0.717) is 0 Å². The van der Waals surface area contributed by atoms with Crippen molar-refractivity contribution < 1.29 is 4.42 Å². The van der Waals surface area contributed by atoms with Gasteiger partial charge in [0.05, 0.1) is 17.8 Å². The molecule has 2 N–H and O–H groups in total. The molecule has 0 saturated carbocycles. The Bertz CT molecular complexity index is 737. The quantitative estimate of drug-likeness (QED) is 0.784. The molecule has 0 aliphatic carbocycles. The molecule has 4 nitrogen and oxygen atoms in total. The Kier molecular flexibility index (Phi) is 2.82. The summed E-state index contributed by atoms with van der Waals surface area (Å²) in [4.78, 5) is 0. The van der Waals surface area contributed by atoms with E-state index in [2.05, 4.69) is 24.2 Å². The molecule has 2 aromatic heterocycles. The number of rotatable bonds is 3. The standard InChI is InChI=1S/C15H19N3O/c1-4-11-7-13-14(19-11)6-5-12-10(3)17-18(15(12)13)8-9(2)16/h5-7,9H,4,8,16H2,1-3H3. The van der Waals surface area contributed by atoms with Crippen molar-refractivity contribution in [3.8, 4) is 0 Å². The normalized spacial score (nSPS) is 13.5. The maximum atomic E-state index is 5.92. The molecule has 0 amide bonds. The number of benzene rings is 1. The number of nitrogens with two attached hydrogens (primary N) is 1. The maximum absolute atomic E-state index is 5.92. The van der Waals surface area contributed by atoms with Crippen molar-refractivity contribution in [1.29, 1.82) is 0 Å². The third-order valence-electron chi connectivity index (χ3n) is 3.45. The SMILES string of the molecule is CCc1cc2c(ccc3c(C)nn(CC(C)N)c32)o1. The molecule has 4 heteroatoms. The van der Waals surface area contributed by atoms with Gasteiger partial charge in [-0.3, -0.25) is 4.68 Å². The van der Waals surface area contributed by atoms with Crippen molar-refractivity contribution in [1.82, 2.24) is 9.78 Å². The molecule has 3 aromatic rings. The molecule has 1 aromatic carbocycles. The molecule has 1 unspecified atom stereocenters. The van der Waals surface area contributed by atoms with E-state index in [1.165, 1.54) is 5.39 Å². The molecule has 0 radical (unpaired) electrons. The molecule has 0 bridgehead atoms. The van der Waals surface area contributed by atoms with Crippen LogP contribution >= 0.6 is 0 Å². The molecule has 0 saturated heterocycles. The Morgan fingerprint density at radius 1 is 1.37 bits per heavy atom. The maximum Gasteiger partial charge on any atom is 0.136 e. The van der Waals surface area contributed by atoms with Gasteiger partial charge >= 0.3 is 0 Å². The molecule has 0 aliphatic heterocycles. The molecule has 3 rings (SSSR count). The van der Waals surface area contributed by atoms with Crippen molar-refractivity contribution in [2.24, 2.45) is 5.73 Å². The molecule has 19 heavy (non-hydrogen) atoms. The number of fused-ring (bicyclic) bond motifs is 3. The molecule has 1 atom stereocenters. The van der Waals surface area contributed by atoms with Gasteiger partial charge in [0.15, 0.2) is 0 Å². The van der Waals surface area contributed by atoms with Crippen molar-refractivity contribution >= 4 is 21.9 Å². The summed E-state index contributed by atoms with van der Waals surface area (Å²) in [6, 6.07) is 6.31. The van der Waals surface area contributed by atoms with Crippen LogP contribution in [0.25, 0.3) is 21.9 Å². The van der Waals surface area contributed by atoms with E-state index in [1.807, 2.05) is 24.6 Å². The Morgan fingerprint density at radius 2 is 2.16 bits per heavy atom. The molecule has 0 fully saturated rings. The summed E-state index contributed by atoms with van der Waals surface area (Å²) < 4.78 is 7.83. The van der Waals surface area contributed by atoms with Crippen LogP contribution in [0.4, 0.5) is 0 Å². The average Bonchev–Trinajstić information content (AvgIpc) is 2.90. The van der Waals surface area contributed by atoms with Crippen LogP contribution in [0.5, 0.6) is 0 Å². The fourth-order valence-electron chi connectivity index (χ4n) is 2.58. The summed E-state index contributed by atoms with van der Waals surface area (Å²) in [5.74, 6) is 1.01. The smallest absolute Gasteiger partial charge is 0.136 e. The highest BCUT2D eigenvalue weighted by Gasteiger charge is 2.14. The van der Waals surface area contributed by atoms with Gasteiger partial charge in [-0.2, -0.15) is 5.10 Å². The zero-order valence-corrected chi connectivity index (χ0v) is 11.6. The van der Waals surface area contributed by atoms with E-state index in [-0.39, 0.29) is 6.04 Å². The van der Waals surface area contributed by atoms with Crippen LogP contribution in [0.3, 0.4) is 0 Å². The first-order valence-electron chi connectivity index (χ1n) is 6.74. The Labute approximate surface area is 112 Å². The second-order valence-corrected chi connectivity index (χ2v) is 5.18. The lowest BCUT2D eigenvalue weighted by atomic mass is 10.1. The van der Waals surface area contributed by atoms with Gasteiger partial charge in [0.25, 0.3) is 0 Å². The predicted molar refractivity (Wildman–Crippen MR) is 77.3 cm³/mol.